The highest BCUT2D eigenvalue weighted by Gasteiger charge is 2.29. The topological polar surface area (TPSA) is 38.3 Å². The van der Waals surface area contributed by atoms with E-state index in [1.807, 2.05) is 0 Å². The highest BCUT2D eigenvalue weighted by molar-refractivity contribution is 9.09. The molecule has 2 fully saturated rings. The van der Waals surface area contributed by atoms with Crippen molar-refractivity contribution in [3.63, 3.8) is 0 Å². The molecule has 2 saturated carbocycles. The van der Waals surface area contributed by atoms with Crippen LogP contribution in [0.1, 0.15) is 71.1 Å². The molecular formula is C17H30BrNO2. The Morgan fingerprint density at radius 2 is 1.76 bits per heavy atom. The molecule has 0 radical (unpaired) electrons. The molecule has 0 atom stereocenters. The zero-order valence-corrected chi connectivity index (χ0v) is 14.9. The number of rotatable bonds is 6. The van der Waals surface area contributed by atoms with E-state index in [2.05, 4.69) is 28.2 Å². The fourth-order valence-electron chi connectivity index (χ4n) is 3.42. The summed E-state index contributed by atoms with van der Waals surface area (Å²) in [6.07, 6.45) is 11.2. The molecule has 1 N–H and O–H groups in total. The van der Waals surface area contributed by atoms with Crippen LogP contribution in [-0.4, -0.2) is 29.5 Å². The molecule has 0 heterocycles. The van der Waals surface area contributed by atoms with E-state index in [4.69, 9.17) is 4.74 Å². The van der Waals surface area contributed by atoms with Crippen LogP contribution < -0.4 is 5.32 Å². The summed E-state index contributed by atoms with van der Waals surface area (Å²) in [6, 6.07) is 0.635. The molecule has 4 heteroatoms. The molecule has 0 aromatic heterocycles. The lowest BCUT2D eigenvalue weighted by Crippen LogP contribution is -2.37. The Bertz CT molecular complexity index is 308. The maximum atomic E-state index is 12.2. The van der Waals surface area contributed by atoms with Crippen molar-refractivity contribution in [1.82, 2.24) is 5.32 Å². The summed E-state index contributed by atoms with van der Waals surface area (Å²) in [6.45, 7) is 3.35. The minimum absolute atomic E-state index is 0.0665. The molecule has 0 spiro atoms. The molecule has 0 aliphatic heterocycles. The molecule has 0 amide bonds. The maximum absolute atomic E-state index is 12.2. The van der Waals surface area contributed by atoms with E-state index in [1.165, 1.54) is 12.8 Å². The summed E-state index contributed by atoms with van der Waals surface area (Å²) in [5.41, 5.74) is 0. The number of alkyl halides is 1. The quantitative estimate of drug-likeness (QED) is 0.439. The van der Waals surface area contributed by atoms with Crippen molar-refractivity contribution < 1.29 is 9.53 Å². The summed E-state index contributed by atoms with van der Waals surface area (Å²) in [4.78, 5) is 12.8. The summed E-state index contributed by atoms with van der Waals surface area (Å²) in [7, 11) is 0. The van der Waals surface area contributed by atoms with Gasteiger partial charge in [0.05, 0.1) is 5.92 Å². The number of unbranched alkanes of at least 4 members (excludes halogenated alkanes) is 1. The molecule has 0 unspecified atom stereocenters. The summed E-state index contributed by atoms with van der Waals surface area (Å²) >= 11 is 3.64. The molecular weight excluding hydrogens is 330 g/mol. The predicted molar refractivity (Wildman–Crippen MR) is 89.7 cm³/mol. The second-order valence-electron chi connectivity index (χ2n) is 6.67. The van der Waals surface area contributed by atoms with Crippen molar-refractivity contribution in [2.45, 2.75) is 88.1 Å². The zero-order chi connectivity index (χ0) is 15.1. The van der Waals surface area contributed by atoms with Crippen LogP contribution in [0.3, 0.4) is 0 Å². The lowest BCUT2D eigenvalue weighted by molar-refractivity contribution is -0.156. The van der Waals surface area contributed by atoms with E-state index < -0.39 is 0 Å². The van der Waals surface area contributed by atoms with Crippen molar-refractivity contribution in [3.05, 3.63) is 0 Å². The molecule has 0 aromatic rings. The number of halogens is 1. The molecule has 2 aliphatic carbocycles. The van der Waals surface area contributed by atoms with Crippen molar-refractivity contribution in [2.75, 3.05) is 6.54 Å². The van der Waals surface area contributed by atoms with Gasteiger partial charge in [0.2, 0.25) is 0 Å². The summed E-state index contributed by atoms with van der Waals surface area (Å²) in [5, 5.41) is 3.62. The molecule has 0 saturated heterocycles. The van der Waals surface area contributed by atoms with Crippen molar-refractivity contribution in [3.8, 4) is 0 Å². The first-order chi connectivity index (χ1) is 10.2. The van der Waals surface area contributed by atoms with E-state index in [0.717, 1.165) is 57.9 Å². The number of ether oxygens (including phenoxy) is 1. The first-order valence-corrected chi connectivity index (χ1v) is 9.68. The van der Waals surface area contributed by atoms with Crippen LogP contribution in [0.2, 0.25) is 0 Å². The average molecular weight is 360 g/mol. The van der Waals surface area contributed by atoms with Crippen LogP contribution in [0.4, 0.5) is 0 Å². The van der Waals surface area contributed by atoms with Gasteiger partial charge < -0.3 is 10.1 Å². The van der Waals surface area contributed by atoms with Gasteiger partial charge in [-0.15, -0.1) is 0 Å². The van der Waals surface area contributed by atoms with Crippen LogP contribution in [0, 0.1) is 5.92 Å². The SMILES string of the molecule is CCCCNC1CCC(OC(=O)C2CCC(Br)CC2)CC1. The van der Waals surface area contributed by atoms with E-state index in [-0.39, 0.29) is 18.0 Å². The number of hydrogen-bond acceptors (Lipinski definition) is 3. The van der Waals surface area contributed by atoms with Crippen molar-refractivity contribution >= 4 is 21.9 Å². The average Bonchev–Trinajstić information content (AvgIpc) is 2.50. The van der Waals surface area contributed by atoms with Crippen LogP contribution in [0.15, 0.2) is 0 Å². The smallest absolute Gasteiger partial charge is 0.309 e. The largest absolute Gasteiger partial charge is 0.462 e. The van der Waals surface area contributed by atoms with Gasteiger partial charge in [0.15, 0.2) is 0 Å². The summed E-state index contributed by atoms with van der Waals surface area (Å²) < 4.78 is 5.76. The Morgan fingerprint density at radius 3 is 2.38 bits per heavy atom. The molecule has 0 bridgehead atoms. The van der Waals surface area contributed by atoms with E-state index >= 15 is 0 Å². The molecule has 21 heavy (non-hydrogen) atoms. The van der Waals surface area contributed by atoms with Gasteiger partial charge >= 0.3 is 5.97 Å². The van der Waals surface area contributed by atoms with E-state index in [1.54, 1.807) is 0 Å². The van der Waals surface area contributed by atoms with Crippen LogP contribution in [-0.2, 0) is 9.53 Å². The zero-order valence-electron chi connectivity index (χ0n) is 13.3. The normalized spacial score (nSPS) is 33.6. The standard InChI is InChI=1S/C17H30BrNO2/c1-2-3-12-19-15-8-10-16(11-9-15)21-17(20)13-4-6-14(18)7-5-13/h13-16,19H,2-12H2,1H3. The highest BCUT2D eigenvalue weighted by Crippen LogP contribution is 2.31. The first-order valence-electron chi connectivity index (χ1n) is 8.77. The Labute approximate surface area is 137 Å². The minimum atomic E-state index is 0.0665. The Balaban J connectivity index is 1.62. The molecule has 2 aliphatic rings. The van der Waals surface area contributed by atoms with Gasteiger partial charge in [-0.1, -0.05) is 29.3 Å². The third-order valence-electron chi connectivity index (χ3n) is 4.91. The highest BCUT2D eigenvalue weighted by atomic mass is 79.9. The molecule has 3 nitrogen and oxygen atoms in total. The number of nitrogens with one attached hydrogen (secondary N) is 1. The van der Waals surface area contributed by atoms with Crippen LogP contribution in [0.25, 0.3) is 0 Å². The molecule has 2 rings (SSSR count). The fourth-order valence-corrected chi connectivity index (χ4v) is 3.95. The second kappa shape index (κ2) is 9.14. The van der Waals surface area contributed by atoms with Gasteiger partial charge in [0, 0.05) is 10.9 Å². The van der Waals surface area contributed by atoms with Crippen molar-refractivity contribution in [2.24, 2.45) is 5.92 Å². The van der Waals surface area contributed by atoms with Gasteiger partial charge in [0.25, 0.3) is 0 Å². The number of hydrogen-bond donors (Lipinski definition) is 1. The molecule has 0 aromatic carbocycles. The van der Waals surface area contributed by atoms with Gasteiger partial charge in [-0.05, 0) is 64.3 Å². The third kappa shape index (κ3) is 5.90. The Morgan fingerprint density at radius 1 is 1.10 bits per heavy atom. The Hall–Kier alpha value is -0.0900. The van der Waals surface area contributed by atoms with Gasteiger partial charge in [-0.25, -0.2) is 0 Å². The number of carbonyl (C=O) groups excluding carboxylic acids is 1. The fraction of sp³-hybridized carbons (Fsp3) is 0.941. The number of carbonyl (C=O) groups is 1. The van der Waals surface area contributed by atoms with Crippen LogP contribution >= 0.6 is 15.9 Å². The van der Waals surface area contributed by atoms with Crippen LogP contribution in [0.5, 0.6) is 0 Å². The van der Waals surface area contributed by atoms with Crippen molar-refractivity contribution in [1.29, 1.82) is 0 Å². The Kier molecular flexibility index (Phi) is 7.51. The van der Waals surface area contributed by atoms with E-state index in [9.17, 15) is 4.79 Å². The molecule has 122 valence electrons. The van der Waals surface area contributed by atoms with Gasteiger partial charge in [0.1, 0.15) is 6.10 Å². The van der Waals surface area contributed by atoms with Gasteiger partial charge in [-0.3, -0.25) is 4.79 Å². The lowest BCUT2D eigenvalue weighted by Gasteiger charge is -2.31. The lowest BCUT2D eigenvalue weighted by atomic mass is 9.89. The van der Waals surface area contributed by atoms with E-state index in [0.29, 0.717) is 10.9 Å². The second-order valence-corrected chi connectivity index (χ2v) is 7.96. The third-order valence-corrected chi connectivity index (χ3v) is 5.83. The minimum Gasteiger partial charge on any atom is -0.462 e. The monoisotopic (exact) mass is 359 g/mol. The predicted octanol–water partition coefficient (Wildman–Crippen LogP) is 4.18. The van der Waals surface area contributed by atoms with Gasteiger partial charge in [-0.2, -0.15) is 0 Å². The maximum Gasteiger partial charge on any atom is 0.309 e. The summed E-state index contributed by atoms with van der Waals surface area (Å²) in [5.74, 6) is 0.219. The first kappa shape index (κ1) is 17.3. The number of esters is 1.